The maximum atomic E-state index is 10.1. The van der Waals surface area contributed by atoms with E-state index in [9.17, 15) is 25.5 Å². The van der Waals surface area contributed by atoms with Crippen LogP contribution in [0.2, 0.25) is 0 Å². The molecular weight excluding hydrogens is 300 g/mol. The first-order valence-electron chi connectivity index (χ1n) is 7.17. The Bertz CT molecular complexity index is 367. The topological polar surface area (TPSA) is 138 Å². The molecule has 5 N–H and O–H groups in total. The highest BCUT2D eigenvalue weighted by molar-refractivity contribution is 4.92. The van der Waals surface area contributed by atoms with Gasteiger partial charge in [0.25, 0.3) is 0 Å². The van der Waals surface area contributed by atoms with Crippen LogP contribution in [0.5, 0.6) is 0 Å². The van der Waals surface area contributed by atoms with Gasteiger partial charge in [0.15, 0.2) is 12.6 Å². The van der Waals surface area contributed by atoms with Crippen LogP contribution < -0.4 is 0 Å². The maximum absolute atomic E-state index is 10.1. The van der Waals surface area contributed by atoms with Gasteiger partial charge in [0.1, 0.15) is 36.6 Å². The van der Waals surface area contributed by atoms with Gasteiger partial charge in [0.05, 0.1) is 12.2 Å². The number of hydrogen-bond donors (Lipinski definition) is 5. The van der Waals surface area contributed by atoms with E-state index >= 15 is 0 Å². The molecule has 2 aliphatic heterocycles. The van der Waals surface area contributed by atoms with E-state index in [1.54, 1.807) is 6.92 Å². The first kappa shape index (κ1) is 18.0. The molecule has 9 heteroatoms. The van der Waals surface area contributed by atoms with Gasteiger partial charge in [-0.3, -0.25) is 0 Å². The summed E-state index contributed by atoms with van der Waals surface area (Å²) in [7, 11) is 1.34. The highest BCUT2D eigenvalue weighted by Gasteiger charge is 2.48. The lowest BCUT2D eigenvalue weighted by Gasteiger charge is -2.45. The Morgan fingerprint density at radius 2 is 1.23 bits per heavy atom. The minimum Gasteiger partial charge on any atom is -0.388 e. The van der Waals surface area contributed by atoms with E-state index in [0.717, 1.165) is 0 Å². The number of aliphatic hydroxyl groups is 5. The summed E-state index contributed by atoms with van der Waals surface area (Å²) >= 11 is 0. The number of ether oxygens (including phenoxy) is 4. The van der Waals surface area contributed by atoms with E-state index in [1.165, 1.54) is 14.0 Å². The van der Waals surface area contributed by atoms with Crippen LogP contribution in [-0.4, -0.2) is 94.1 Å². The molecule has 0 aromatic heterocycles. The molecule has 2 aliphatic rings. The van der Waals surface area contributed by atoms with E-state index in [0.29, 0.717) is 0 Å². The normalized spacial score (nSPS) is 53.5. The molecule has 0 aliphatic carbocycles. The Hall–Kier alpha value is -0.360. The standard InChI is InChI=1S/C13H24O9/c1-4-6(14)7(15)9(17)13(20-4)22-11-5(2)21-12(19-3)10(18)8(11)16/h4-18H,1-3H3/t4-,5-,6-,7+,8-,9+,10+,11-,12+,13-/m0/s1. The third-order valence-corrected chi connectivity index (χ3v) is 4.11. The van der Waals surface area contributed by atoms with Crippen molar-refractivity contribution in [1.82, 2.24) is 0 Å². The molecule has 9 nitrogen and oxygen atoms in total. The van der Waals surface area contributed by atoms with Crippen LogP contribution in [-0.2, 0) is 18.9 Å². The Morgan fingerprint density at radius 1 is 0.682 bits per heavy atom. The zero-order chi connectivity index (χ0) is 16.6. The van der Waals surface area contributed by atoms with Gasteiger partial charge in [-0.2, -0.15) is 0 Å². The van der Waals surface area contributed by atoms with E-state index in [4.69, 9.17) is 18.9 Å². The predicted octanol–water partition coefficient (Wildman–Crippen LogP) is -2.69. The first-order chi connectivity index (χ1) is 10.3. The van der Waals surface area contributed by atoms with E-state index in [-0.39, 0.29) is 0 Å². The minimum absolute atomic E-state index is 0.654. The molecule has 2 rings (SSSR count). The fourth-order valence-corrected chi connectivity index (χ4v) is 2.67. The lowest BCUT2D eigenvalue weighted by atomic mass is 9.97. The SMILES string of the molecule is CO[C@@H]1O[C@@H](C)[C@H](O[C@@H]2O[C@@H](C)[C@H](O)[C@@H](O)[C@H]2O)[C@@H](O)[C@H]1O. The third kappa shape index (κ3) is 3.28. The maximum Gasteiger partial charge on any atom is 0.187 e. The van der Waals surface area contributed by atoms with Crippen molar-refractivity contribution >= 4 is 0 Å². The summed E-state index contributed by atoms with van der Waals surface area (Å²) in [5.41, 5.74) is 0. The molecule has 0 aromatic carbocycles. The molecule has 0 bridgehead atoms. The van der Waals surface area contributed by atoms with Gasteiger partial charge in [-0.05, 0) is 13.8 Å². The average molecular weight is 324 g/mol. The molecule has 0 radical (unpaired) electrons. The van der Waals surface area contributed by atoms with Crippen molar-refractivity contribution in [2.75, 3.05) is 7.11 Å². The van der Waals surface area contributed by atoms with Gasteiger partial charge < -0.3 is 44.5 Å². The van der Waals surface area contributed by atoms with E-state index in [2.05, 4.69) is 0 Å². The zero-order valence-electron chi connectivity index (χ0n) is 12.6. The summed E-state index contributed by atoms with van der Waals surface area (Å²) in [5, 5.41) is 49.3. The fourth-order valence-electron chi connectivity index (χ4n) is 2.67. The summed E-state index contributed by atoms with van der Waals surface area (Å²) in [5.74, 6) is 0. The Kier molecular flexibility index (Phi) is 5.75. The van der Waals surface area contributed by atoms with Crippen molar-refractivity contribution in [3.05, 3.63) is 0 Å². The van der Waals surface area contributed by atoms with Gasteiger partial charge in [0.2, 0.25) is 0 Å². The molecular formula is C13H24O9. The molecule has 10 atom stereocenters. The highest BCUT2D eigenvalue weighted by Crippen LogP contribution is 2.28. The van der Waals surface area contributed by atoms with Crippen molar-refractivity contribution in [3.63, 3.8) is 0 Å². The second-order valence-corrected chi connectivity index (χ2v) is 5.71. The molecule has 0 aromatic rings. The number of methoxy groups -OCH3 is 1. The molecule has 22 heavy (non-hydrogen) atoms. The van der Waals surface area contributed by atoms with Gasteiger partial charge in [0, 0.05) is 7.11 Å². The molecule has 2 fully saturated rings. The molecule has 0 spiro atoms. The van der Waals surface area contributed by atoms with Gasteiger partial charge in [-0.25, -0.2) is 0 Å². The van der Waals surface area contributed by atoms with Crippen molar-refractivity contribution in [2.24, 2.45) is 0 Å². The highest BCUT2D eigenvalue weighted by atomic mass is 16.7. The van der Waals surface area contributed by atoms with Crippen molar-refractivity contribution in [2.45, 2.75) is 75.3 Å². The quantitative estimate of drug-likeness (QED) is 0.376. The van der Waals surface area contributed by atoms with Crippen LogP contribution in [0.25, 0.3) is 0 Å². The van der Waals surface area contributed by atoms with Gasteiger partial charge in [-0.15, -0.1) is 0 Å². The lowest BCUT2D eigenvalue weighted by Crippen LogP contribution is -2.63. The fraction of sp³-hybridized carbons (Fsp3) is 1.00. The molecule has 0 unspecified atom stereocenters. The Balaban J connectivity index is 2.06. The summed E-state index contributed by atoms with van der Waals surface area (Å²) in [6.07, 6.45) is -11.5. The molecule has 2 saturated heterocycles. The molecule has 2 heterocycles. The monoisotopic (exact) mass is 324 g/mol. The molecule has 0 saturated carbocycles. The van der Waals surface area contributed by atoms with Crippen LogP contribution >= 0.6 is 0 Å². The largest absolute Gasteiger partial charge is 0.388 e. The van der Waals surface area contributed by atoms with Crippen molar-refractivity contribution in [1.29, 1.82) is 0 Å². The van der Waals surface area contributed by atoms with Gasteiger partial charge in [-0.1, -0.05) is 0 Å². The van der Waals surface area contributed by atoms with Crippen molar-refractivity contribution in [3.8, 4) is 0 Å². The van der Waals surface area contributed by atoms with Crippen LogP contribution in [0, 0.1) is 0 Å². The number of hydrogen-bond acceptors (Lipinski definition) is 9. The second kappa shape index (κ2) is 7.04. The smallest absolute Gasteiger partial charge is 0.187 e. The lowest BCUT2D eigenvalue weighted by molar-refractivity contribution is -0.350. The molecule has 130 valence electrons. The molecule has 0 amide bonds. The Labute approximate surface area is 128 Å². The third-order valence-electron chi connectivity index (χ3n) is 4.11. The first-order valence-corrected chi connectivity index (χ1v) is 7.17. The summed E-state index contributed by atoms with van der Waals surface area (Å²) in [6.45, 7) is 3.12. The van der Waals surface area contributed by atoms with Crippen LogP contribution in [0.1, 0.15) is 13.8 Å². The van der Waals surface area contributed by atoms with Crippen LogP contribution in [0.4, 0.5) is 0 Å². The van der Waals surface area contributed by atoms with Crippen LogP contribution in [0.15, 0.2) is 0 Å². The van der Waals surface area contributed by atoms with Crippen LogP contribution in [0.3, 0.4) is 0 Å². The van der Waals surface area contributed by atoms with E-state index < -0.39 is 61.4 Å². The number of rotatable bonds is 3. The predicted molar refractivity (Wildman–Crippen MR) is 70.6 cm³/mol. The summed E-state index contributed by atoms with van der Waals surface area (Å²) in [6, 6.07) is 0. The summed E-state index contributed by atoms with van der Waals surface area (Å²) in [4.78, 5) is 0. The van der Waals surface area contributed by atoms with Gasteiger partial charge >= 0.3 is 0 Å². The number of aliphatic hydroxyl groups excluding tert-OH is 5. The zero-order valence-corrected chi connectivity index (χ0v) is 12.6. The average Bonchev–Trinajstić information content (AvgIpc) is 2.49. The Morgan fingerprint density at radius 3 is 1.82 bits per heavy atom. The summed E-state index contributed by atoms with van der Waals surface area (Å²) < 4.78 is 21.1. The second-order valence-electron chi connectivity index (χ2n) is 5.71. The van der Waals surface area contributed by atoms with Crippen molar-refractivity contribution < 1.29 is 44.5 Å². The minimum atomic E-state index is -1.50. The van der Waals surface area contributed by atoms with E-state index in [1.807, 2.05) is 0 Å².